The lowest BCUT2D eigenvalue weighted by Gasteiger charge is -2.04. The molecule has 98 valence electrons. The second-order valence-electron chi connectivity index (χ2n) is 4.73. The molecule has 3 aromatic heterocycles. The van der Waals surface area contributed by atoms with Crippen LogP contribution in [0.15, 0.2) is 36.4 Å². The first-order valence-electron chi connectivity index (χ1n) is 6.29. The number of nitrogens with zero attached hydrogens (tertiary/aromatic N) is 4. The van der Waals surface area contributed by atoms with Crippen LogP contribution in [-0.4, -0.2) is 24.8 Å². The maximum Gasteiger partial charge on any atom is 0.240 e. The fraction of sp³-hybridized carbons (Fsp3) is 0.0714. The first-order chi connectivity index (χ1) is 9.72. The Bertz CT molecular complexity index is 933. The molecule has 0 atom stereocenters. The summed E-state index contributed by atoms with van der Waals surface area (Å²) in [5, 5.41) is 12.6. The number of nitrogens with one attached hydrogen (secondary N) is 1. The first-order valence-corrected chi connectivity index (χ1v) is 6.29. The van der Waals surface area contributed by atoms with Gasteiger partial charge in [-0.2, -0.15) is 10.1 Å². The Morgan fingerprint density at radius 3 is 3.00 bits per heavy atom. The number of aromatic nitrogens is 5. The van der Waals surface area contributed by atoms with E-state index in [1.807, 2.05) is 31.2 Å². The van der Waals surface area contributed by atoms with E-state index in [2.05, 4.69) is 32.4 Å². The third kappa shape index (κ3) is 1.48. The number of nitrogens with two attached hydrogens (primary N) is 1. The zero-order valence-corrected chi connectivity index (χ0v) is 10.8. The van der Waals surface area contributed by atoms with E-state index in [4.69, 9.17) is 5.73 Å². The maximum atomic E-state index is 5.67. The van der Waals surface area contributed by atoms with Gasteiger partial charge in [0.1, 0.15) is 0 Å². The smallest absolute Gasteiger partial charge is 0.240 e. The van der Waals surface area contributed by atoms with E-state index in [9.17, 15) is 0 Å². The molecule has 4 rings (SSSR count). The summed E-state index contributed by atoms with van der Waals surface area (Å²) in [4.78, 5) is 4.17. The highest BCUT2D eigenvalue weighted by molar-refractivity contribution is 5.85. The average molecular weight is 264 g/mol. The van der Waals surface area contributed by atoms with E-state index in [1.54, 1.807) is 4.52 Å². The van der Waals surface area contributed by atoms with E-state index < -0.39 is 0 Å². The molecule has 0 radical (unpaired) electrons. The minimum atomic E-state index is 0.272. The highest BCUT2D eigenvalue weighted by Gasteiger charge is 2.09. The Kier molecular flexibility index (Phi) is 2.09. The summed E-state index contributed by atoms with van der Waals surface area (Å²) in [5.41, 5.74) is 10.4. The Hall–Kier alpha value is -2.89. The van der Waals surface area contributed by atoms with Crippen LogP contribution in [-0.2, 0) is 0 Å². The van der Waals surface area contributed by atoms with Crippen molar-refractivity contribution in [2.24, 2.45) is 0 Å². The molecular formula is C14H12N6. The van der Waals surface area contributed by atoms with Crippen molar-refractivity contribution in [2.45, 2.75) is 6.92 Å². The summed E-state index contributed by atoms with van der Waals surface area (Å²) >= 11 is 0. The molecule has 0 aliphatic rings. The molecule has 20 heavy (non-hydrogen) atoms. The van der Waals surface area contributed by atoms with E-state index in [0.717, 1.165) is 33.5 Å². The third-order valence-electron chi connectivity index (χ3n) is 3.42. The summed E-state index contributed by atoms with van der Waals surface area (Å²) in [6.07, 6.45) is 0. The SMILES string of the molecule is Cc1[nH]nc2cc(-c3cccc4nc(N)nn34)ccc12. The molecule has 3 N–H and O–H groups in total. The van der Waals surface area contributed by atoms with E-state index in [0.29, 0.717) is 0 Å². The second-order valence-corrected chi connectivity index (χ2v) is 4.73. The molecule has 0 aliphatic carbocycles. The van der Waals surface area contributed by atoms with Gasteiger partial charge in [0.25, 0.3) is 0 Å². The maximum absolute atomic E-state index is 5.67. The molecule has 0 amide bonds. The minimum absolute atomic E-state index is 0.272. The van der Waals surface area contributed by atoms with Gasteiger partial charge in [0.2, 0.25) is 5.95 Å². The summed E-state index contributed by atoms with van der Waals surface area (Å²) in [5.74, 6) is 0.272. The number of aryl methyl sites for hydroxylation is 1. The van der Waals surface area contributed by atoms with E-state index in [1.165, 1.54) is 0 Å². The molecule has 0 bridgehead atoms. The number of fused-ring (bicyclic) bond motifs is 2. The van der Waals surface area contributed by atoms with Gasteiger partial charge in [-0.25, -0.2) is 4.52 Å². The Morgan fingerprint density at radius 1 is 1.20 bits per heavy atom. The van der Waals surface area contributed by atoms with Gasteiger partial charge in [-0.3, -0.25) is 5.10 Å². The molecule has 1 aromatic carbocycles. The number of anilines is 1. The molecule has 0 spiro atoms. The minimum Gasteiger partial charge on any atom is -0.366 e. The number of aromatic amines is 1. The van der Waals surface area contributed by atoms with Crippen LogP contribution >= 0.6 is 0 Å². The van der Waals surface area contributed by atoms with Crippen molar-refractivity contribution in [2.75, 3.05) is 5.73 Å². The predicted molar refractivity (Wildman–Crippen MR) is 77.2 cm³/mol. The standard InChI is InChI=1S/C14H12N6/c1-8-10-6-5-9(7-11(10)18-17-8)12-3-2-4-13-16-14(15)19-20(12)13/h2-7H,1H3,(H2,15,19)(H,17,18). The van der Waals surface area contributed by atoms with Gasteiger partial charge in [-0.1, -0.05) is 18.2 Å². The van der Waals surface area contributed by atoms with E-state index in [-0.39, 0.29) is 5.95 Å². The average Bonchev–Trinajstić information content (AvgIpc) is 3.00. The van der Waals surface area contributed by atoms with Crippen LogP contribution in [0.2, 0.25) is 0 Å². The topological polar surface area (TPSA) is 84.9 Å². The van der Waals surface area contributed by atoms with Gasteiger partial charge >= 0.3 is 0 Å². The highest BCUT2D eigenvalue weighted by atomic mass is 15.3. The summed E-state index contributed by atoms with van der Waals surface area (Å²) in [7, 11) is 0. The molecule has 4 aromatic rings. The number of benzene rings is 1. The number of rotatable bonds is 1. The number of pyridine rings is 1. The number of H-pyrrole nitrogens is 1. The quantitative estimate of drug-likeness (QED) is 0.551. The van der Waals surface area contributed by atoms with Crippen molar-refractivity contribution >= 4 is 22.5 Å². The largest absolute Gasteiger partial charge is 0.366 e. The highest BCUT2D eigenvalue weighted by Crippen LogP contribution is 2.25. The Balaban J connectivity index is 2.00. The van der Waals surface area contributed by atoms with Crippen molar-refractivity contribution in [3.63, 3.8) is 0 Å². The molecule has 0 fully saturated rings. The zero-order chi connectivity index (χ0) is 13.7. The Morgan fingerprint density at radius 2 is 2.10 bits per heavy atom. The number of hydrogen-bond donors (Lipinski definition) is 2. The van der Waals surface area contributed by atoms with Gasteiger partial charge < -0.3 is 5.73 Å². The summed E-state index contributed by atoms with van der Waals surface area (Å²) < 4.78 is 1.75. The number of hydrogen-bond acceptors (Lipinski definition) is 4. The summed E-state index contributed by atoms with van der Waals surface area (Å²) in [6, 6.07) is 12.0. The van der Waals surface area contributed by atoms with Crippen LogP contribution in [0.1, 0.15) is 5.69 Å². The van der Waals surface area contributed by atoms with Crippen LogP contribution in [0, 0.1) is 6.92 Å². The normalized spacial score (nSPS) is 11.4. The lowest BCUT2D eigenvalue weighted by Crippen LogP contribution is -1.94. The van der Waals surface area contributed by atoms with E-state index >= 15 is 0 Å². The second kappa shape index (κ2) is 3.80. The lowest BCUT2D eigenvalue weighted by molar-refractivity contribution is 0.976. The van der Waals surface area contributed by atoms with Crippen LogP contribution in [0.3, 0.4) is 0 Å². The number of nitrogen functional groups attached to an aromatic ring is 1. The molecular weight excluding hydrogens is 252 g/mol. The zero-order valence-electron chi connectivity index (χ0n) is 10.8. The third-order valence-corrected chi connectivity index (χ3v) is 3.42. The van der Waals surface area contributed by atoms with Crippen molar-refractivity contribution < 1.29 is 0 Å². The first kappa shape index (κ1) is 11.0. The van der Waals surface area contributed by atoms with Gasteiger partial charge in [-0.15, -0.1) is 5.10 Å². The molecule has 0 saturated heterocycles. The van der Waals surface area contributed by atoms with Crippen LogP contribution < -0.4 is 5.73 Å². The molecule has 3 heterocycles. The Labute approximate surface area is 114 Å². The van der Waals surface area contributed by atoms with Gasteiger partial charge in [0.15, 0.2) is 5.65 Å². The monoisotopic (exact) mass is 264 g/mol. The predicted octanol–water partition coefficient (Wildman–Crippen LogP) is 2.16. The molecule has 0 unspecified atom stereocenters. The van der Waals surface area contributed by atoms with Gasteiger partial charge in [0, 0.05) is 16.6 Å². The van der Waals surface area contributed by atoms with Crippen LogP contribution in [0.5, 0.6) is 0 Å². The van der Waals surface area contributed by atoms with Crippen molar-refractivity contribution in [3.8, 4) is 11.3 Å². The lowest BCUT2D eigenvalue weighted by atomic mass is 10.1. The summed E-state index contributed by atoms with van der Waals surface area (Å²) in [6.45, 7) is 2.01. The molecule has 0 saturated carbocycles. The molecule has 6 nitrogen and oxygen atoms in total. The van der Waals surface area contributed by atoms with Crippen molar-refractivity contribution in [1.29, 1.82) is 0 Å². The molecule has 6 heteroatoms. The molecule has 0 aliphatic heterocycles. The van der Waals surface area contributed by atoms with Gasteiger partial charge in [-0.05, 0) is 25.1 Å². The van der Waals surface area contributed by atoms with Crippen LogP contribution in [0.4, 0.5) is 5.95 Å². The fourth-order valence-corrected chi connectivity index (χ4v) is 2.45. The van der Waals surface area contributed by atoms with Crippen molar-refractivity contribution in [3.05, 3.63) is 42.1 Å². The fourth-order valence-electron chi connectivity index (χ4n) is 2.45. The van der Waals surface area contributed by atoms with Crippen LogP contribution in [0.25, 0.3) is 27.8 Å². The van der Waals surface area contributed by atoms with Crippen molar-refractivity contribution in [1.82, 2.24) is 24.8 Å². The van der Waals surface area contributed by atoms with Gasteiger partial charge in [0.05, 0.1) is 11.2 Å².